The van der Waals surface area contributed by atoms with Crippen molar-refractivity contribution >= 4 is 5.82 Å². The van der Waals surface area contributed by atoms with E-state index in [0.717, 1.165) is 17.7 Å². The lowest BCUT2D eigenvalue weighted by Crippen LogP contribution is -2.23. The Bertz CT molecular complexity index is 608. The average molecular weight is 295 g/mol. The van der Waals surface area contributed by atoms with Gasteiger partial charge in [-0.05, 0) is 48.4 Å². The zero-order valence-corrected chi connectivity index (χ0v) is 11.5. The topological polar surface area (TPSA) is 50.9 Å². The van der Waals surface area contributed by atoms with Gasteiger partial charge in [-0.25, -0.2) is 18.2 Å². The van der Waals surface area contributed by atoms with Gasteiger partial charge in [0.2, 0.25) is 0 Å². The summed E-state index contributed by atoms with van der Waals surface area (Å²) in [7, 11) is 0. The number of nitrogens with one attached hydrogen (secondary N) is 1. The van der Waals surface area contributed by atoms with E-state index in [1.54, 1.807) is 18.3 Å². The molecule has 0 amide bonds. The minimum Gasteiger partial charge on any atom is -0.384 e. The minimum absolute atomic E-state index is 0.346. The number of benzene rings is 1. The Morgan fingerprint density at radius 3 is 2.43 bits per heavy atom. The molecular formula is C15H16F3N3. The number of anilines is 1. The Morgan fingerprint density at radius 1 is 1.19 bits per heavy atom. The molecule has 0 radical (unpaired) electrons. The molecule has 1 atom stereocenters. The molecule has 0 saturated carbocycles. The van der Waals surface area contributed by atoms with Crippen molar-refractivity contribution in [2.45, 2.75) is 19.4 Å². The van der Waals surface area contributed by atoms with E-state index in [1.807, 2.05) is 6.92 Å². The number of nitrogens with zero attached hydrogens (tertiary/aromatic N) is 1. The molecule has 0 aliphatic carbocycles. The highest BCUT2D eigenvalue weighted by atomic mass is 19.2. The van der Waals surface area contributed by atoms with Crippen LogP contribution >= 0.6 is 0 Å². The maximum absolute atomic E-state index is 13.4. The number of rotatable bonds is 5. The molecule has 1 unspecified atom stereocenters. The molecule has 0 fully saturated rings. The molecule has 0 aliphatic rings. The fourth-order valence-corrected chi connectivity index (χ4v) is 2.19. The van der Waals surface area contributed by atoms with Crippen LogP contribution < -0.4 is 11.1 Å². The molecule has 3 nitrogen and oxygen atoms in total. The number of hydrogen-bond acceptors (Lipinski definition) is 3. The molecule has 112 valence electrons. The van der Waals surface area contributed by atoms with Crippen molar-refractivity contribution in [3.8, 4) is 0 Å². The highest BCUT2D eigenvalue weighted by Crippen LogP contribution is 2.23. The first-order valence-electron chi connectivity index (χ1n) is 6.59. The van der Waals surface area contributed by atoms with E-state index in [9.17, 15) is 13.2 Å². The summed E-state index contributed by atoms with van der Waals surface area (Å²) in [6, 6.07) is 5.14. The van der Waals surface area contributed by atoms with E-state index in [-0.39, 0.29) is 6.04 Å². The summed E-state index contributed by atoms with van der Waals surface area (Å²) in [4.78, 5) is 3.89. The van der Waals surface area contributed by atoms with E-state index in [4.69, 9.17) is 5.73 Å². The molecule has 1 aromatic carbocycles. The van der Waals surface area contributed by atoms with Gasteiger partial charge in [0.25, 0.3) is 0 Å². The summed E-state index contributed by atoms with van der Waals surface area (Å²) in [5.74, 6) is -3.47. The van der Waals surface area contributed by atoms with Crippen LogP contribution in [0.4, 0.5) is 19.0 Å². The molecule has 0 saturated heterocycles. The summed E-state index contributed by atoms with van der Waals surface area (Å²) >= 11 is 0. The largest absolute Gasteiger partial charge is 0.384 e. The van der Waals surface area contributed by atoms with E-state index in [2.05, 4.69) is 10.3 Å². The molecule has 0 bridgehead atoms. The molecule has 0 spiro atoms. The maximum Gasteiger partial charge on any atom is 0.194 e. The molecule has 3 N–H and O–H groups in total. The van der Waals surface area contributed by atoms with Crippen LogP contribution in [0.25, 0.3) is 0 Å². The lowest BCUT2D eigenvalue weighted by molar-refractivity contribution is 0.439. The minimum atomic E-state index is -1.46. The number of likely N-dealkylation sites (N-methyl/N-ethyl adjacent to an activating group) is 1. The first-order valence-corrected chi connectivity index (χ1v) is 6.59. The Morgan fingerprint density at radius 2 is 1.86 bits per heavy atom. The molecule has 2 rings (SSSR count). The van der Waals surface area contributed by atoms with Crippen LogP contribution in [0, 0.1) is 17.5 Å². The second-order valence-corrected chi connectivity index (χ2v) is 4.70. The second-order valence-electron chi connectivity index (χ2n) is 4.70. The zero-order chi connectivity index (χ0) is 15.4. The van der Waals surface area contributed by atoms with Gasteiger partial charge in [-0.2, -0.15) is 0 Å². The van der Waals surface area contributed by atoms with Crippen LogP contribution in [0.1, 0.15) is 24.1 Å². The summed E-state index contributed by atoms with van der Waals surface area (Å²) in [6.45, 7) is 2.48. The SMILES string of the molecule is CCNC(Cc1ccnc(N)c1)c1cc(F)c(F)c(F)c1. The lowest BCUT2D eigenvalue weighted by Gasteiger charge is -2.19. The van der Waals surface area contributed by atoms with Crippen molar-refractivity contribution in [3.63, 3.8) is 0 Å². The number of pyridine rings is 1. The van der Waals surface area contributed by atoms with Gasteiger partial charge in [0, 0.05) is 12.2 Å². The van der Waals surface area contributed by atoms with Crippen LogP contribution in [-0.2, 0) is 6.42 Å². The monoisotopic (exact) mass is 295 g/mol. The predicted octanol–water partition coefficient (Wildman–Crippen LogP) is 2.97. The zero-order valence-electron chi connectivity index (χ0n) is 11.5. The third-order valence-electron chi connectivity index (χ3n) is 3.14. The van der Waals surface area contributed by atoms with Gasteiger partial charge in [-0.15, -0.1) is 0 Å². The number of nitrogen functional groups attached to an aromatic ring is 1. The number of hydrogen-bond donors (Lipinski definition) is 2. The first-order chi connectivity index (χ1) is 10.0. The van der Waals surface area contributed by atoms with Gasteiger partial charge in [-0.3, -0.25) is 0 Å². The number of aromatic nitrogens is 1. The summed E-state index contributed by atoms with van der Waals surface area (Å²) in [5.41, 5.74) is 6.84. The normalized spacial score (nSPS) is 12.4. The Labute approximate surface area is 121 Å². The van der Waals surface area contributed by atoms with Gasteiger partial charge in [0.05, 0.1) is 0 Å². The molecule has 0 aliphatic heterocycles. The van der Waals surface area contributed by atoms with Gasteiger partial charge >= 0.3 is 0 Å². The summed E-state index contributed by atoms with van der Waals surface area (Å²) in [6.07, 6.45) is 2.03. The van der Waals surface area contributed by atoms with Crippen molar-refractivity contribution in [3.05, 3.63) is 59.0 Å². The maximum atomic E-state index is 13.4. The molecule has 2 aromatic rings. The molecule has 6 heteroatoms. The highest BCUT2D eigenvalue weighted by molar-refractivity contribution is 5.33. The van der Waals surface area contributed by atoms with Gasteiger partial charge < -0.3 is 11.1 Å². The fourth-order valence-electron chi connectivity index (χ4n) is 2.19. The van der Waals surface area contributed by atoms with Crippen LogP contribution in [-0.4, -0.2) is 11.5 Å². The summed E-state index contributed by atoms with van der Waals surface area (Å²) in [5, 5.41) is 3.12. The molecule has 21 heavy (non-hydrogen) atoms. The predicted molar refractivity (Wildman–Crippen MR) is 75.1 cm³/mol. The fraction of sp³-hybridized carbons (Fsp3) is 0.267. The first kappa shape index (κ1) is 15.3. The second kappa shape index (κ2) is 6.58. The standard InChI is InChI=1S/C15H16F3N3/c1-2-20-13(5-9-3-4-21-14(19)6-9)10-7-11(16)15(18)12(17)8-10/h3-4,6-8,13,20H,2,5H2,1H3,(H2,19,21). The quantitative estimate of drug-likeness (QED) is 0.834. The van der Waals surface area contributed by atoms with E-state index in [0.29, 0.717) is 24.3 Å². The van der Waals surface area contributed by atoms with Crippen molar-refractivity contribution in [1.29, 1.82) is 0 Å². The number of nitrogens with two attached hydrogens (primary N) is 1. The van der Waals surface area contributed by atoms with Gasteiger partial charge in [0.1, 0.15) is 5.82 Å². The van der Waals surface area contributed by atoms with Gasteiger partial charge in [-0.1, -0.05) is 6.92 Å². The molecule has 1 aromatic heterocycles. The molecular weight excluding hydrogens is 279 g/mol. The Hall–Kier alpha value is -2.08. The van der Waals surface area contributed by atoms with E-state index >= 15 is 0 Å². The van der Waals surface area contributed by atoms with Crippen molar-refractivity contribution in [2.24, 2.45) is 0 Å². The van der Waals surface area contributed by atoms with Gasteiger partial charge in [0.15, 0.2) is 17.5 Å². The molecule has 1 heterocycles. The Kier molecular flexibility index (Phi) is 4.80. The van der Waals surface area contributed by atoms with Crippen molar-refractivity contribution in [1.82, 2.24) is 10.3 Å². The van der Waals surface area contributed by atoms with Crippen molar-refractivity contribution < 1.29 is 13.2 Å². The van der Waals surface area contributed by atoms with Crippen LogP contribution in [0.15, 0.2) is 30.5 Å². The third kappa shape index (κ3) is 3.72. The third-order valence-corrected chi connectivity index (χ3v) is 3.14. The Balaban J connectivity index is 2.30. The highest BCUT2D eigenvalue weighted by Gasteiger charge is 2.17. The average Bonchev–Trinajstić information content (AvgIpc) is 2.44. The number of halogens is 3. The van der Waals surface area contributed by atoms with Crippen LogP contribution in [0.2, 0.25) is 0 Å². The summed E-state index contributed by atoms with van der Waals surface area (Å²) < 4.78 is 39.8. The van der Waals surface area contributed by atoms with Crippen molar-refractivity contribution in [2.75, 3.05) is 12.3 Å². The van der Waals surface area contributed by atoms with E-state index in [1.165, 1.54) is 0 Å². The van der Waals surface area contributed by atoms with E-state index < -0.39 is 17.5 Å². The lowest BCUT2D eigenvalue weighted by atomic mass is 9.99. The van der Waals surface area contributed by atoms with Crippen LogP contribution in [0.5, 0.6) is 0 Å². The van der Waals surface area contributed by atoms with Crippen LogP contribution in [0.3, 0.4) is 0 Å². The smallest absolute Gasteiger partial charge is 0.194 e.